The number of rotatable bonds is 18. The first-order valence-corrected chi connectivity index (χ1v) is 18.6. The predicted molar refractivity (Wildman–Crippen MR) is 210 cm³/mol. The lowest BCUT2D eigenvalue weighted by atomic mass is 9.97. The van der Waals surface area contributed by atoms with Gasteiger partial charge >= 0.3 is 12.1 Å². The number of thiol groups is 1. The zero-order valence-electron chi connectivity index (χ0n) is 30.4. The zero-order valence-corrected chi connectivity index (χ0v) is 31.3. The molecule has 0 saturated heterocycles. The highest BCUT2D eigenvalue weighted by Crippen LogP contribution is 2.21. The van der Waals surface area contributed by atoms with Gasteiger partial charge in [-0.15, -0.1) is 0 Å². The van der Waals surface area contributed by atoms with Crippen LogP contribution in [0.4, 0.5) is 4.79 Å². The summed E-state index contributed by atoms with van der Waals surface area (Å²) in [7, 11) is 0. The fourth-order valence-electron chi connectivity index (χ4n) is 6.11. The number of amides is 3. The van der Waals surface area contributed by atoms with Crippen LogP contribution >= 0.6 is 12.6 Å². The second-order valence-electron chi connectivity index (χ2n) is 13.6. The number of esters is 1. The maximum atomic E-state index is 14.2. The summed E-state index contributed by atoms with van der Waals surface area (Å²) < 4.78 is 11.0. The van der Waals surface area contributed by atoms with Crippen LogP contribution in [0.25, 0.3) is 10.8 Å². The van der Waals surface area contributed by atoms with Gasteiger partial charge in [0.05, 0.1) is 18.4 Å². The number of nitrogens with one attached hydrogen (secondary N) is 4. The first-order valence-electron chi connectivity index (χ1n) is 18.0. The van der Waals surface area contributed by atoms with Gasteiger partial charge in [-0.3, -0.25) is 14.4 Å². The van der Waals surface area contributed by atoms with E-state index in [9.17, 15) is 19.2 Å². The van der Waals surface area contributed by atoms with Crippen molar-refractivity contribution in [1.82, 2.24) is 25.9 Å². The van der Waals surface area contributed by atoms with E-state index in [1.807, 2.05) is 117 Å². The summed E-state index contributed by atoms with van der Waals surface area (Å²) in [6.07, 6.45) is 3.04. The Bertz CT molecular complexity index is 1950. The van der Waals surface area contributed by atoms with Crippen LogP contribution in [0.3, 0.4) is 0 Å². The number of ether oxygens (including phenoxy) is 2. The highest BCUT2D eigenvalue weighted by atomic mass is 32.1. The van der Waals surface area contributed by atoms with Crippen molar-refractivity contribution in [3.63, 3.8) is 0 Å². The Morgan fingerprint density at radius 1 is 0.722 bits per heavy atom. The molecule has 282 valence electrons. The van der Waals surface area contributed by atoms with E-state index in [1.165, 1.54) is 6.33 Å². The molecule has 0 unspecified atom stereocenters. The lowest BCUT2D eigenvalue weighted by Gasteiger charge is -2.29. The Kier molecular flexibility index (Phi) is 14.7. The molecule has 1 aromatic heterocycles. The number of fused-ring (bicyclic) bond motifs is 1. The maximum Gasteiger partial charge on any atom is 0.408 e. The van der Waals surface area contributed by atoms with Crippen LogP contribution in [-0.2, 0) is 49.9 Å². The number of benzene rings is 4. The first-order chi connectivity index (χ1) is 26.1. The lowest BCUT2D eigenvalue weighted by Crippen LogP contribution is -2.57. The van der Waals surface area contributed by atoms with Crippen molar-refractivity contribution >= 4 is 47.3 Å². The number of aromatic nitrogens is 2. The SMILES string of the molecule is CC(C)C[C@H](NC(=O)[C@@H](Cc1c[nH]cn1)NC(=O)[C@H](Cc1cccc2ccccc12)NC(=O)OCc1ccccc1)[C@@H](S)CC(=O)OCc1ccccc1. The molecule has 4 aromatic carbocycles. The molecule has 0 fully saturated rings. The van der Waals surface area contributed by atoms with E-state index < -0.39 is 47.3 Å². The zero-order chi connectivity index (χ0) is 38.3. The van der Waals surface area contributed by atoms with Crippen LogP contribution in [0.2, 0.25) is 0 Å². The number of imidazole rings is 1. The molecule has 0 aliphatic heterocycles. The molecule has 1 heterocycles. The molecule has 0 radical (unpaired) electrons. The Morgan fingerprint density at radius 3 is 2.00 bits per heavy atom. The third kappa shape index (κ3) is 12.2. The number of alkyl carbamates (subject to hydrolysis) is 1. The molecule has 5 aromatic rings. The summed E-state index contributed by atoms with van der Waals surface area (Å²) in [5.74, 6) is -1.35. The highest BCUT2D eigenvalue weighted by molar-refractivity contribution is 7.81. The Labute approximate surface area is 321 Å². The molecule has 0 saturated carbocycles. The third-order valence-corrected chi connectivity index (χ3v) is 9.40. The molecular weight excluding hydrogens is 703 g/mol. The fourth-order valence-corrected chi connectivity index (χ4v) is 6.46. The number of aromatic amines is 1. The molecule has 0 spiro atoms. The molecule has 0 aliphatic carbocycles. The van der Waals surface area contributed by atoms with Gasteiger partial charge in [0.1, 0.15) is 25.3 Å². The van der Waals surface area contributed by atoms with Gasteiger partial charge in [-0.05, 0) is 39.8 Å². The van der Waals surface area contributed by atoms with Crippen LogP contribution < -0.4 is 16.0 Å². The largest absolute Gasteiger partial charge is 0.461 e. The average Bonchev–Trinajstić information content (AvgIpc) is 3.69. The normalized spacial score (nSPS) is 13.3. The number of hydrogen-bond donors (Lipinski definition) is 5. The number of H-pyrrole nitrogens is 1. The van der Waals surface area contributed by atoms with E-state index in [-0.39, 0.29) is 38.4 Å². The fraction of sp³-hybridized carbons (Fsp3) is 0.310. The minimum Gasteiger partial charge on any atom is -0.461 e. The first kappa shape index (κ1) is 39.6. The van der Waals surface area contributed by atoms with E-state index in [0.29, 0.717) is 12.1 Å². The summed E-state index contributed by atoms with van der Waals surface area (Å²) >= 11 is 4.74. The number of hydrogen-bond acceptors (Lipinski definition) is 8. The van der Waals surface area contributed by atoms with Gasteiger partial charge in [-0.2, -0.15) is 12.6 Å². The molecule has 12 heteroatoms. The van der Waals surface area contributed by atoms with Crippen LogP contribution in [0.15, 0.2) is 116 Å². The topological polar surface area (TPSA) is 152 Å². The Balaban J connectivity index is 1.32. The molecule has 4 atom stereocenters. The minimum absolute atomic E-state index is 0.0153. The van der Waals surface area contributed by atoms with E-state index in [2.05, 4.69) is 25.9 Å². The summed E-state index contributed by atoms with van der Waals surface area (Å²) in [6.45, 7) is 4.17. The van der Waals surface area contributed by atoms with Crippen molar-refractivity contribution < 1.29 is 28.7 Å². The number of carbonyl (C=O) groups is 4. The second-order valence-corrected chi connectivity index (χ2v) is 14.3. The van der Waals surface area contributed by atoms with Gasteiger partial charge in [0.2, 0.25) is 11.8 Å². The van der Waals surface area contributed by atoms with Crippen LogP contribution in [0, 0.1) is 5.92 Å². The lowest BCUT2D eigenvalue weighted by molar-refractivity contribution is -0.145. The van der Waals surface area contributed by atoms with E-state index in [4.69, 9.17) is 22.1 Å². The Hall–Kier alpha value is -5.62. The quantitative estimate of drug-likeness (QED) is 0.0538. The third-order valence-electron chi connectivity index (χ3n) is 8.86. The summed E-state index contributed by atoms with van der Waals surface area (Å²) in [6, 6.07) is 29.5. The predicted octanol–water partition coefficient (Wildman–Crippen LogP) is 6.09. The monoisotopic (exact) mass is 749 g/mol. The van der Waals surface area contributed by atoms with Crippen molar-refractivity contribution in [2.75, 3.05) is 0 Å². The van der Waals surface area contributed by atoms with Crippen molar-refractivity contribution in [3.8, 4) is 0 Å². The van der Waals surface area contributed by atoms with Crippen molar-refractivity contribution in [1.29, 1.82) is 0 Å². The summed E-state index contributed by atoms with van der Waals surface area (Å²) in [5.41, 5.74) is 3.03. The second kappa shape index (κ2) is 20.0. The van der Waals surface area contributed by atoms with E-state index in [0.717, 1.165) is 27.5 Å². The molecule has 4 N–H and O–H groups in total. The maximum absolute atomic E-state index is 14.2. The molecule has 0 bridgehead atoms. The molecular formula is C42H47N5O6S. The van der Waals surface area contributed by atoms with Crippen LogP contribution in [-0.4, -0.2) is 57.2 Å². The van der Waals surface area contributed by atoms with Crippen LogP contribution in [0.1, 0.15) is 49.1 Å². The molecule has 3 amide bonds. The van der Waals surface area contributed by atoms with E-state index in [1.54, 1.807) is 6.20 Å². The average molecular weight is 750 g/mol. The van der Waals surface area contributed by atoms with Gasteiger partial charge in [0.15, 0.2) is 0 Å². The summed E-state index contributed by atoms with van der Waals surface area (Å²) in [4.78, 5) is 61.5. The molecule has 11 nitrogen and oxygen atoms in total. The molecule has 54 heavy (non-hydrogen) atoms. The smallest absolute Gasteiger partial charge is 0.408 e. The van der Waals surface area contributed by atoms with Gasteiger partial charge in [-0.25, -0.2) is 9.78 Å². The standard InChI is InChI=1S/C42H47N5O6S/c1-28(2)20-35(38(54)23-39(48)52-25-29-12-5-3-6-13-29)45-41(50)37(22-33-24-43-27-44-33)46-40(49)36(47-42(51)53-26-30-14-7-4-8-15-30)21-32-18-11-17-31-16-9-10-19-34(31)32/h3-19,24,27-28,35-38,54H,20-23,25-26H2,1-2H3,(H,43,44)(H,45,50)(H,46,49)(H,47,51)/t35-,36-,37+,38-/m0/s1. The van der Waals surface area contributed by atoms with Gasteiger partial charge in [0.25, 0.3) is 0 Å². The van der Waals surface area contributed by atoms with Gasteiger partial charge in [-0.1, -0.05) is 117 Å². The van der Waals surface area contributed by atoms with E-state index >= 15 is 0 Å². The van der Waals surface area contributed by atoms with Gasteiger partial charge < -0.3 is 30.4 Å². The molecule has 0 aliphatic rings. The van der Waals surface area contributed by atoms with Gasteiger partial charge in [0, 0.05) is 30.3 Å². The number of nitrogens with zero attached hydrogens (tertiary/aromatic N) is 1. The highest BCUT2D eigenvalue weighted by Gasteiger charge is 2.32. The number of carbonyl (C=O) groups excluding carboxylic acids is 4. The Morgan fingerprint density at radius 2 is 1.33 bits per heavy atom. The minimum atomic E-state index is -1.10. The van der Waals surface area contributed by atoms with Crippen LogP contribution in [0.5, 0.6) is 0 Å². The van der Waals surface area contributed by atoms with Crippen molar-refractivity contribution in [2.24, 2.45) is 5.92 Å². The van der Waals surface area contributed by atoms with Crippen molar-refractivity contribution in [3.05, 3.63) is 138 Å². The van der Waals surface area contributed by atoms with Crippen molar-refractivity contribution in [2.45, 2.75) is 76.1 Å². The summed E-state index contributed by atoms with van der Waals surface area (Å²) in [5, 5.41) is 10.0. The molecule has 5 rings (SSSR count).